The number of hydrogen-bond donors (Lipinski definition) is 1. The molecule has 106 valence electrons. The van der Waals surface area contributed by atoms with Gasteiger partial charge in [-0.05, 0) is 19.5 Å². The lowest BCUT2D eigenvalue weighted by Crippen LogP contribution is -2.46. The number of aromatic amines is 1. The number of nitrogens with zero attached hydrogens (tertiary/aromatic N) is 3. The molecule has 1 fully saturated rings. The number of rotatable bonds is 3. The molecule has 1 saturated heterocycles. The fourth-order valence-electron chi connectivity index (χ4n) is 2.87. The zero-order valence-electron chi connectivity index (χ0n) is 12.2. The highest BCUT2D eigenvalue weighted by molar-refractivity contribution is 5.20. The van der Waals surface area contributed by atoms with Crippen molar-refractivity contribution in [1.29, 1.82) is 0 Å². The number of likely N-dealkylation sites (N-methyl/N-ethyl adjacent to an activating group) is 1. The van der Waals surface area contributed by atoms with E-state index in [9.17, 15) is 0 Å². The minimum atomic E-state index is 0.476. The zero-order chi connectivity index (χ0) is 13.9. The predicted octanol–water partition coefficient (Wildman–Crippen LogP) is 2.21. The first-order valence-electron chi connectivity index (χ1n) is 7.20. The highest BCUT2D eigenvalue weighted by atomic mass is 15.3. The van der Waals surface area contributed by atoms with Crippen LogP contribution in [0, 0.1) is 6.92 Å². The highest BCUT2D eigenvalue weighted by Gasteiger charge is 2.25. The van der Waals surface area contributed by atoms with Gasteiger partial charge in [0, 0.05) is 37.9 Å². The third-order valence-electron chi connectivity index (χ3n) is 4.22. The normalized spacial score (nSPS) is 21.2. The van der Waals surface area contributed by atoms with E-state index in [0.717, 1.165) is 26.2 Å². The maximum absolute atomic E-state index is 4.42. The van der Waals surface area contributed by atoms with Crippen molar-refractivity contribution in [3.8, 4) is 0 Å². The molecule has 20 heavy (non-hydrogen) atoms. The average molecular weight is 270 g/mol. The van der Waals surface area contributed by atoms with Crippen LogP contribution in [0.3, 0.4) is 0 Å². The quantitative estimate of drug-likeness (QED) is 0.928. The highest BCUT2D eigenvalue weighted by Crippen LogP contribution is 2.24. The molecule has 1 aromatic heterocycles. The first-order valence-corrected chi connectivity index (χ1v) is 7.20. The van der Waals surface area contributed by atoms with Gasteiger partial charge in [0.15, 0.2) is 0 Å². The monoisotopic (exact) mass is 270 g/mol. The standard InChI is InChI=1S/C16H22N4/c1-13-15(18-12-17-13)10-20-9-8-19(2)16(11-20)14-6-4-3-5-7-14/h3-7,12,16H,8-11H2,1-2H3,(H,17,18)/t16-/m1/s1. The van der Waals surface area contributed by atoms with Crippen molar-refractivity contribution in [2.45, 2.75) is 19.5 Å². The van der Waals surface area contributed by atoms with Gasteiger partial charge in [0.1, 0.15) is 0 Å². The topological polar surface area (TPSA) is 35.2 Å². The van der Waals surface area contributed by atoms with Gasteiger partial charge in [-0.2, -0.15) is 0 Å². The molecule has 1 N–H and O–H groups in total. The van der Waals surface area contributed by atoms with Crippen LogP contribution in [0.1, 0.15) is 23.0 Å². The van der Waals surface area contributed by atoms with Gasteiger partial charge < -0.3 is 4.98 Å². The molecule has 0 radical (unpaired) electrons. The van der Waals surface area contributed by atoms with Gasteiger partial charge in [-0.15, -0.1) is 0 Å². The Balaban J connectivity index is 1.72. The number of H-pyrrole nitrogens is 1. The van der Waals surface area contributed by atoms with Crippen molar-refractivity contribution < 1.29 is 0 Å². The molecule has 0 unspecified atom stereocenters. The second kappa shape index (κ2) is 5.77. The minimum absolute atomic E-state index is 0.476. The molecule has 0 saturated carbocycles. The molecule has 1 aliphatic rings. The summed E-state index contributed by atoms with van der Waals surface area (Å²) in [5, 5.41) is 0. The molecule has 3 rings (SSSR count). The number of imidazole rings is 1. The minimum Gasteiger partial charge on any atom is -0.348 e. The Labute approximate surface area is 120 Å². The van der Waals surface area contributed by atoms with E-state index in [0.29, 0.717) is 6.04 Å². The van der Waals surface area contributed by atoms with Crippen molar-refractivity contribution in [2.75, 3.05) is 26.7 Å². The maximum atomic E-state index is 4.42. The van der Waals surface area contributed by atoms with Crippen LogP contribution in [-0.2, 0) is 6.54 Å². The van der Waals surface area contributed by atoms with E-state index in [1.165, 1.54) is 17.0 Å². The van der Waals surface area contributed by atoms with E-state index in [-0.39, 0.29) is 0 Å². The molecule has 1 atom stereocenters. The van der Waals surface area contributed by atoms with Crippen molar-refractivity contribution in [3.63, 3.8) is 0 Å². The molecule has 1 aromatic carbocycles. The van der Waals surface area contributed by atoms with Gasteiger partial charge in [-0.25, -0.2) is 4.98 Å². The Bertz CT molecular complexity index is 549. The molecule has 0 aliphatic carbocycles. The predicted molar refractivity (Wildman–Crippen MR) is 80.4 cm³/mol. The molecule has 0 bridgehead atoms. The molecule has 2 aromatic rings. The van der Waals surface area contributed by atoms with Crippen LogP contribution < -0.4 is 0 Å². The number of nitrogens with one attached hydrogen (secondary N) is 1. The van der Waals surface area contributed by atoms with Crippen LogP contribution in [0.5, 0.6) is 0 Å². The van der Waals surface area contributed by atoms with Crippen LogP contribution in [0.25, 0.3) is 0 Å². The lowest BCUT2D eigenvalue weighted by Gasteiger charge is -2.39. The lowest BCUT2D eigenvalue weighted by molar-refractivity contribution is 0.0895. The number of benzene rings is 1. The second-order valence-corrected chi connectivity index (χ2v) is 5.62. The first-order chi connectivity index (χ1) is 9.74. The largest absolute Gasteiger partial charge is 0.348 e. The van der Waals surface area contributed by atoms with Crippen molar-refractivity contribution in [2.24, 2.45) is 0 Å². The SMILES string of the molecule is Cc1[nH]cnc1CN1CCN(C)[C@@H](c2ccccc2)C1. The summed E-state index contributed by atoms with van der Waals surface area (Å²) in [5.74, 6) is 0. The lowest BCUT2D eigenvalue weighted by atomic mass is 10.0. The first kappa shape index (κ1) is 13.3. The molecule has 4 nitrogen and oxygen atoms in total. The van der Waals surface area contributed by atoms with Crippen molar-refractivity contribution in [3.05, 3.63) is 53.6 Å². The van der Waals surface area contributed by atoms with Gasteiger partial charge in [0.2, 0.25) is 0 Å². The van der Waals surface area contributed by atoms with E-state index < -0.39 is 0 Å². The number of aromatic nitrogens is 2. The molecule has 4 heteroatoms. The maximum Gasteiger partial charge on any atom is 0.0925 e. The van der Waals surface area contributed by atoms with Crippen LogP contribution in [0.2, 0.25) is 0 Å². The second-order valence-electron chi connectivity index (χ2n) is 5.62. The van der Waals surface area contributed by atoms with Crippen LogP contribution >= 0.6 is 0 Å². The molecule has 2 heterocycles. The van der Waals surface area contributed by atoms with Crippen LogP contribution in [-0.4, -0.2) is 46.4 Å². The third-order valence-corrected chi connectivity index (χ3v) is 4.22. The molecule has 1 aliphatic heterocycles. The fourth-order valence-corrected chi connectivity index (χ4v) is 2.87. The molecule has 0 amide bonds. The van der Waals surface area contributed by atoms with Crippen molar-refractivity contribution in [1.82, 2.24) is 19.8 Å². The molecular formula is C16H22N4. The van der Waals surface area contributed by atoms with Gasteiger partial charge in [0.25, 0.3) is 0 Å². The van der Waals surface area contributed by atoms with Crippen LogP contribution in [0.15, 0.2) is 36.7 Å². The van der Waals surface area contributed by atoms with Gasteiger partial charge in [-0.3, -0.25) is 9.80 Å². The molecular weight excluding hydrogens is 248 g/mol. The van der Waals surface area contributed by atoms with E-state index in [4.69, 9.17) is 0 Å². The summed E-state index contributed by atoms with van der Waals surface area (Å²) < 4.78 is 0. The van der Waals surface area contributed by atoms with Crippen LogP contribution in [0.4, 0.5) is 0 Å². The summed E-state index contributed by atoms with van der Waals surface area (Å²) in [6.45, 7) is 6.29. The Morgan fingerprint density at radius 1 is 1.25 bits per heavy atom. The Kier molecular flexibility index (Phi) is 3.85. The Hall–Kier alpha value is -1.65. The van der Waals surface area contributed by atoms with E-state index in [1.807, 2.05) is 0 Å². The summed E-state index contributed by atoms with van der Waals surface area (Å²) in [5.41, 5.74) is 3.75. The number of aryl methyl sites for hydroxylation is 1. The van der Waals surface area contributed by atoms with Gasteiger partial charge in [0.05, 0.1) is 12.0 Å². The van der Waals surface area contributed by atoms with Gasteiger partial charge in [-0.1, -0.05) is 30.3 Å². The Morgan fingerprint density at radius 3 is 2.75 bits per heavy atom. The number of piperazine rings is 1. The summed E-state index contributed by atoms with van der Waals surface area (Å²) >= 11 is 0. The fraction of sp³-hybridized carbons (Fsp3) is 0.438. The number of hydrogen-bond acceptors (Lipinski definition) is 3. The summed E-state index contributed by atoms with van der Waals surface area (Å²) in [6, 6.07) is 11.3. The molecule has 0 spiro atoms. The third kappa shape index (κ3) is 2.76. The van der Waals surface area contributed by atoms with E-state index >= 15 is 0 Å². The summed E-state index contributed by atoms with van der Waals surface area (Å²) in [7, 11) is 2.22. The summed E-state index contributed by atoms with van der Waals surface area (Å²) in [6.07, 6.45) is 1.79. The smallest absolute Gasteiger partial charge is 0.0925 e. The summed E-state index contributed by atoms with van der Waals surface area (Å²) in [4.78, 5) is 12.5. The van der Waals surface area contributed by atoms with E-state index in [1.54, 1.807) is 6.33 Å². The zero-order valence-corrected chi connectivity index (χ0v) is 12.2. The van der Waals surface area contributed by atoms with Crippen molar-refractivity contribution >= 4 is 0 Å². The average Bonchev–Trinajstić information content (AvgIpc) is 2.87. The Morgan fingerprint density at radius 2 is 2.05 bits per heavy atom. The van der Waals surface area contributed by atoms with Gasteiger partial charge >= 0.3 is 0 Å². The van der Waals surface area contributed by atoms with E-state index in [2.05, 4.69) is 64.1 Å².